The van der Waals surface area contributed by atoms with Crippen LogP contribution in [0.15, 0.2) is 48.5 Å². The van der Waals surface area contributed by atoms with Crippen LogP contribution in [0.1, 0.15) is 30.2 Å². The van der Waals surface area contributed by atoms with Gasteiger partial charge in [-0.25, -0.2) is 0 Å². The van der Waals surface area contributed by atoms with Crippen molar-refractivity contribution in [1.29, 1.82) is 0 Å². The Kier molecular flexibility index (Phi) is 5.65. The third kappa shape index (κ3) is 4.12. The smallest absolute Gasteiger partial charge is 0.253 e. The van der Waals surface area contributed by atoms with E-state index in [9.17, 15) is 4.79 Å². The van der Waals surface area contributed by atoms with Gasteiger partial charge in [-0.3, -0.25) is 4.79 Å². The summed E-state index contributed by atoms with van der Waals surface area (Å²) in [6, 6.07) is 15.6. The van der Waals surface area contributed by atoms with Crippen LogP contribution < -0.4 is 9.64 Å². The van der Waals surface area contributed by atoms with E-state index in [-0.39, 0.29) is 11.9 Å². The molecule has 8 heteroatoms. The lowest BCUT2D eigenvalue weighted by atomic mass is 10.1. The molecular formula is C22H26N6O2. The molecule has 1 fully saturated rings. The summed E-state index contributed by atoms with van der Waals surface area (Å²) in [5, 5.41) is 12.5. The molecule has 1 aliphatic rings. The number of anilines is 1. The molecule has 0 bridgehead atoms. The van der Waals surface area contributed by atoms with Crippen molar-refractivity contribution >= 4 is 11.6 Å². The average Bonchev–Trinajstić information content (AvgIpc) is 3.30. The third-order valence-electron chi connectivity index (χ3n) is 5.28. The fourth-order valence-corrected chi connectivity index (χ4v) is 3.46. The first-order valence-corrected chi connectivity index (χ1v) is 10.1. The van der Waals surface area contributed by atoms with Gasteiger partial charge in [0.05, 0.1) is 13.2 Å². The number of nitrogens with zero attached hydrogens (tertiary/aromatic N) is 6. The van der Waals surface area contributed by atoms with E-state index in [2.05, 4.69) is 32.4 Å². The Morgan fingerprint density at radius 2 is 1.63 bits per heavy atom. The van der Waals surface area contributed by atoms with Crippen molar-refractivity contribution in [3.05, 3.63) is 54.1 Å². The van der Waals surface area contributed by atoms with Gasteiger partial charge in [-0.2, -0.15) is 4.80 Å². The van der Waals surface area contributed by atoms with Gasteiger partial charge < -0.3 is 14.5 Å². The average molecular weight is 406 g/mol. The van der Waals surface area contributed by atoms with Crippen LogP contribution in [0.4, 0.5) is 5.69 Å². The van der Waals surface area contributed by atoms with Crippen LogP contribution in [0.3, 0.4) is 0 Å². The summed E-state index contributed by atoms with van der Waals surface area (Å²) in [6.07, 6.45) is 0. The van der Waals surface area contributed by atoms with Crippen molar-refractivity contribution in [3.63, 3.8) is 0 Å². The SMILES string of the molecule is COc1ccc(N2CCN(C(=O)c3ccc(-c4nnn(C(C)C)n4)cc3)CC2)cc1. The van der Waals surface area contributed by atoms with Crippen LogP contribution >= 0.6 is 0 Å². The number of benzene rings is 2. The topological polar surface area (TPSA) is 76.4 Å². The highest BCUT2D eigenvalue weighted by molar-refractivity contribution is 5.94. The molecule has 2 heterocycles. The van der Waals surface area contributed by atoms with Crippen molar-refractivity contribution < 1.29 is 9.53 Å². The minimum atomic E-state index is 0.0507. The standard InChI is InChI=1S/C22H26N6O2/c1-16(2)28-24-21(23-25-28)17-4-6-18(7-5-17)22(29)27-14-12-26(13-15-27)19-8-10-20(30-3)11-9-19/h4-11,16H,12-15H2,1-3H3. The number of aromatic nitrogens is 4. The van der Waals surface area contributed by atoms with Gasteiger partial charge in [0.25, 0.3) is 5.91 Å². The number of amides is 1. The predicted octanol–water partition coefficient (Wildman–Crippen LogP) is 2.89. The van der Waals surface area contributed by atoms with E-state index in [1.807, 2.05) is 55.1 Å². The van der Waals surface area contributed by atoms with Crippen LogP contribution in [0, 0.1) is 0 Å². The molecule has 8 nitrogen and oxygen atoms in total. The van der Waals surface area contributed by atoms with E-state index in [4.69, 9.17) is 4.74 Å². The van der Waals surface area contributed by atoms with Crippen molar-refractivity contribution in [2.75, 3.05) is 38.2 Å². The Morgan fingerprint density at radius 1 is 0.967 bits per heavy atom. The number of carbonyl (C=O) groups excluding carboxylic acids is 1. The van der Waals surface area contributed by atoms with E-state index in [0.717, 1.165) is 30.1 Å². The molecule has 30 heavy (non-hydrogen) atoms. The van der Waals surface area contributed by atoms with Crippen molar-refractivity contribution in [2.24, 2.45) is 0 Å². The van der Waals surface area contributed by atoms with Gasteiger partial charge in [-0.15, -0.1) is 10.2 Å². The molecule has 1 saturated heterocycles. The fraction of sp³-hybridized carbons (Fsp3) is 0.364. The molecular weight excluding hydrogens is 380 g/mol. The quantitative estimate of drug-likeness (QED) is 0.649. The second-order valence-electron chi connectivity index (χ2n) is 7.58. The summed E-state index contributed by atoms with van der Waals surface area (Å²) in [7, 11) is 1.66. The molecule has 4 rings (SSSR count). The van der Waals surface area contributed by atoms with Gasteiger partial charge in [0.1, 0.15) is 5.75 Å². The molecule has 0 spiro atoms. The molecule has 1 amide bonds. The van der Waals surface area contributed by atoms with Gasteiger partial charge in [-0.05, 0) is 55.5 Å². The van der Waals surface area contributed by atoms with E-state index in [1.165, 1.54) is 0 Å². The first-order valence-electron chi connectivity index (χ1n) is 10.1. The third-order valence-corrected chi connectivity index (χ3v) is 5.28. The van der Waals surface area contributed by atoms with Crippen LogP contribution in [-0.4, -0.2) is 64.3 Å². The molecule has 0 radical (unpaired) electrons. The number of ether oxygens (including phenoxy) is 1. The predicted molar refractivity (Wildman–Crippen MR) is 115 cm³/mol. The second kappa shape index (κ2) is 8.52. The van der Waals surface area contributed by atoms with Crippen LogP contribution in [-0.2, 0) is 0 Å². The Balaban J connectivity index is 1.37. The Bertz CT molecular complexity index is 989. The lowest BCUT2D eigenvalue weighted by molar-refractivity contribution is 0.0747. The second-order valence-corrected chi connectivity index (χ2v) is 7.58. The largest absolute Gasteiger partial charge is 0.497 e. The van der Waals surface area contributed by atoms with Gasteiger partial charge in [0, 0.05) is 43.0 Å². The number of carbonyl (C=O) groups is 1. The molecule has 2 aromatic carbocycles. The zero-order valence-corrected chi connectivity index (χ0v) is 17.5. The highest BCUT2D eigenvalue weighted by Gasteiger charge is 2.22. The van der Waals surface area contributed by atoms with Crippen LogP contribution in [0.2, 0.25) is 0 Å². The zero-order valence-electron chi connectivity index (χ0n) is 17.5. The first-order chi connectivity index (χ1) is 14.5. The first kappa shape index (κ1) is 19.9. The molecule has 0 N–H and O–H groups in total. The molecule has 0 atom stereocenters. The van der Waals surface area contributed by atoms with Crippen molar-refractivity contribution in [3.8, 4) is 17.1 Å². The number of hydrogen-bond acceptors (Lipinski definition) is 6. The molecule has 0 aliphatic carbocycles. The van der Waals surface area contributed by atoms with E-state index < -0.39 is 0 Å². The van der Waals surface area contributed by atoms with E-state index in [1.54, 1.807) is 11.9 Å². The summed E-state index contributed by atoms with van der Waals surface area (Å²) in [4.78, 5) is 18.7. The van der Waals surface area contributed by atoms with Crippen molar-refractivity contribution in [1.82, 2.24) is 25.1 Å². The van der Waals surface area contributed by atoms with Crippen LogP contribution in [0.5, 0.6) is 5.75 Å². The van der Waals surface area contributed by atoms with Gasteiger partial charge >= 0.3 is 0 Å². The van der Waals surface area contributed by atoms with Crippen molar-refractivity contribution in [2.45, 2.75) is 19.9 Å². The maximum absolute atomic E-state index is 12.9. The number of tetrazole rings is 1. The summed E-state index contributed by atoms with van der Waals surface area (Å²) in [5.41, 5.74) is 2.67. The Morgan fingerprint density at radius 3 is 2.20 bits per heavy atom. The van der Waals surface area contributed by atoms with Crippen LogP contribution in [0.25, 0.3) is 11.4 Å². The fourth-order valence-electron chi connectivity index (χ4n) is 3.46. The maximum Gasteiger partial charge on any atom is 0.253 e. The zero-order chi connectivity index (χ0) is 21.1. The number of methoxy groups -OCH3 is 1. The summed E-state index contributed by atoms with van der Waals surface area (Å²) >= 11 is 0. The van der Waals surface area contributed by atoms with Gasteiger partial charge in [-0.1, -0.05) is 12.1 Å². The molecule has 1 aliphatic heterocycles. The highest BCUT2D eigenvalue weighted by Crippen LogP contribution is 2.22. The Hall–Kier alpha value is -3.42. The number of hydrogen-bond donors (Lipinski definition) is 0. The van der Waals surface area contributed by atoms with Gasteiger partial charge in [0.15, 0.2) is 0 Å². The van der Waals surface area contributed by atoms with Gasteiger partial charge in [0.2, 0.25) is 5.82 Å². The lowest BCUT2D eigenvalue weighted by Gasteiger charge is -2.36. The Labute approximate surface area is 176 Å². The highest BCUT2D eigenvalue weighted by atomic mass is 16.5. The van der Waals surface area contributed by atoms with E-state index >= 15 is 0 Å². The molecule has 0 saturated carbocycles. The maximum atomic E-state index is 12.9. The van der Waals surface area contributed by atoms with E-state index in [0.29, 0.717) is 24.5 Å². The molecule has 3 aromatic rings. The lowest BCUT2D eigenvalue weighted by Crippen LogP contribution is -2.48. The summed E-state index contributed by atoms with van der Waals surface area (Å²) in [6.45, 7) is 6.99. The normalized spacial score (nSPS) is 14.3. The summed E-state index contributed by atoms with van der Waals surface area (Å²) < 4.78 is 5.22. The minimum Gasteiger partial charge on any atom is -0.497 e. The monoisotopic (exact) mass is 406 g/mol. The molecule has 0 unspecified atom stereocenters. The molecule has 1 aromatic heterocycles. The number of rotatable bonds is 5. The number of piperazine rings is 1. The summed E-state index contributed by atoms with van der Waals surface area (Å²) in [5.74, 6) is 1.46. The molecule has 156 valence electrons. The minimum absolute atomic E-state index is 0.0507.